The van der Waals surface area contributed by atoms with E-state index in [9.17, 15) is 14.7 Å². The smallest absolute Gasteiger partial charge is 0.310 e. The molecule has 0 saturated carbocycles. The van der Waals surface area contributed by atoms with E-state index >= 15 is 0 Å². The summed E-state index contributed by atoms with van der Waals surface area (Å²) in [6, 6.07) is 5.49. The van der Waals surface area contributed by atoms with E-state index in [-0.39, 0.29) is 5.78 Å². The largest absolute Gasteiger partial charge is 0.481 e. The molecule has 0 bridgehead atoms. The van der Waals surface area contributed by atoms with Crippen molar-refractivity contribution in [3.8, 4) is 0 Å². The number of Topliss-reactive ketones (excluding diaryl/α,β-unsaturated/α-hetero) is 1. The second kappa shape index (κ2) is 6.27. The minimum Gasteiger partial charge on any atom is -0.481 e. The van der Waals surface area contributed by atoms with Gasteiger partial charge in [-0.15, -0.1) is 0 Å². The molecule has 1 atom stereocenters. The van der Waals surface area contributed by atoms with Crippen LogP contribution in [0, 0.1) is 0 Å². The first-order valence-electron chi connectivity index (χ1n) is 6.79. The first-order valence-corrected chi connectivity index (χ1v) is 7.61. The highest BCUT2D eigenvalue weighted by atomic mass is 32.2. The number of hydrogen-bond acceptors (Lipinski definition) is 3. The fourth-order valence-corrected chi connectivity index (χ4v) is 3.41. The van der Waals surface area contributed by atoms with Gasteiger partial charge >= 0.3 is 5.97 Å². The number of carbonyl (C=O) groups is 2. The molecule has 106 valence electrons. The second-order valence-electron chi connectivity index (χ2n) is 4.83. The van der Waals surface area contributed by atoms with E-state index in [1.807, 2.05) is 32.1 Å². The number of carboxylic acids is 1. The lowest BCUT2D eigenvalue weighted by Crippen LogP contribution is -2.11. The molecule has 0 spiro atoms. The summed E-state index contributed by atoms with van der Waals surface area (Å²) < 4.78 is 0. The topological polar surface area (TPSA) is 54.4 Å². The summed E-state index contributed by atoms with van der Waals surface area (Å²) in [5, 5.41) is 9.23. The van der Waals surface area contributed by atoms with E-state index < -0.39 is 11.9 Å². The molecular weight excluding hydrogens is 272 g/mol. The van der Waals surface area contributed by atoms with Gasteiger partial charge in [0, 0.05) is 16.9 Å². The van der Waals surface area contributed by atoms with Gasteiger partial charge in [-0.2, -0.15) is 0 Å². The summed E-state index contributed by atoms with van der Waals surface area (Å²) >= 11 is 1.61. The third-order valence-electron chi connectivity index (χ3n) is 3.57. The molecule has 0 aromatic heterocycles. The maximum Gasteiger partial charge on any atom is 0.310 e. The lowest BCUT2D eigenvalue weighted by molar-refractivity contribution is -0.138. The van der Waals surface area contributed by atoms with Crippen molar-refractivity contribution in [2.75, 3.05) is 0 Å². The zero-order valence-electron chi connectivity index (χ0n) is 11.7. The van der Waals surface area contributed by atoms with Crippen molar-refractivity contribution in [2.24, 2.45) is 0 Å². The molecular formula is C16H18O3S. The van der Waals surface area contributed by atoms with Crippen LogP contribution in [0.2, 0.25) is 0 Å². The Bertz CT molecular complexity index is 575. The third kappa shape index (κ3) is 2.96. The molecule has 3 nitrogen and oxygen atoms in total. The Morgan fingerprint density at radius 3 is 2.80 bits per heavy atom. The molecule has 1 heterocycles. The fraction of sp³-hybridized carbons (Fsp3) is 0.375. The number of carboxylic acid groups (broad SMARTS) is 1. The lowest BCUT2D eigenvalue weighted by atomic mass is 9.93. The van der Waals surface area contributed by atoms with Crippen LogP contribution in [0.15, 0.2) is 34.1 Å². The van der Waals surface area contributed by atoms with Crippen molar-refractivity contribution in [1.82, 2.24) is 0 Å². The average molecular weight is 290 g/mol. The van der Waals surface area contributed by atoms with E-state index in [2.05, 4.69) is 0 Å². The van der Waals surface area contributed by atoms with Gasteiger partial charge in [0.1, 0.15) is 0 Å². The van der Waals surface area contributed by atoms with Crippen LogP contribution in [-0.2, 0) is 4.79 Å². The third-order valence-corrected chi connectivity index (χ3v) is 4.85. The minimum absolute atomic E-state index is 0.103. The quantitative estimate of drug-likeness (QED) is 0.904. The molecule has 1 aliphatic heterocycles. The molecule has 1 aromatic rings. The number of hydrogen-bond donors (Lipinski definition) is 1. The average Bonchev–Trinajstić information content (AvgIpc) is 2.59. The first kappa shape index (κ1) is 14.9. The molecule has 1 N–H and O–H groups in total. The highest BCUT2D eigenvalue weighted by molar-refractivity contribution is 8.03. The Morgan fingerprint density at radius 2 is 2.20 bits per heavy atom. The number of thioether (sulfide) groups is 1. The Balaban J connectivity index is 2.44. The standard InChI is InChI=1S/C16H18O3S/c1-3-11-6-7-14(17)13-9-10(5-8-15(13)20-11)12(4-2)16(18)19/h3,5,8-9,12H,4,6-7H2,1-2H3,(H,18,19)/b11-3+. The normalized spacial score (nSPS) is 18.5. The van der Waals surface area contributed by atoms with Gasteiger partial charge in [0.05, 0.1) is 5.92 Å². The zero-order chi connectivity index (χ0) is 14.7. The number of rotatable bonds is 3. The zero-order valence-corrected chi connectivity index (χ0v) is 12.5. The minimum atomic E-state index is -0.838. The number of fused-ring (bicyclic) bond motifs is 1. The Morgan fingerprint density at radius 1 is 1.45 bits per heavy atom. The van der Waals surface area contributed by atoms with E-state index in [1.165, 1.54) is 4.91 Å². The Hall–Kier alpha value is -1.55. The predicted molar refractivity (Wildman–Crippen MR) is 80.3 cm³/mol. The molecule has 2 rings (SSSR count). The van der Waals surface area contributed by atoms with Crippen LogP contribution in [0.4, 0.5) is 0 Å². The highest BCUT2D eigenvalue weighted by Crippen LogP contribution is 2.38. The van der Waals surface area contributed by atoms with Gasteiger partial charge in [0.25, 0.3) is 0 Å². The molecule has 0 saturated heterocycles. The maximum absolute atomic E-state index is 12.2. The number of benzene rings is 1. The second-order valence-corrected chi connectivity index (χ2v) is 6.00. The summed E-state index contributed by atoms with van der Waals surface area (Å²) in [6.45, 7) is 3.82. The van der Waals surface area contributed by atoms with E-state index in [4.69, 9.17) is 0 Å². The maximum atomic E-state index is 12.2. The molecule has 1 aliphatic rings. The van der Waals surface area contributed by atoms with Crippen molar-refractivity contribution in [2.45, 2.75) is 43.9 Å². The van der Waals surface area contributed by atoms with E-state index in [1.54, 1.807) is 17.8 Å². The van der Waals surface area contributed by atoms with Gasteiger partial charge in [-0.1, -0.05) is 30.8 Å². The van der Waals surface area contributed by atoms with Crippen LogP contribution in [0.3, 0.4) is 0 Å². The molecule has 1 unspecified atom stereocenters. The van der Waals surface area contributed by atoms with Gasteiger partial charge in [-0.25, -0.2) is 0 Å². The van der Waals surface area contributed by atoms with Crippen molar-refractivity contribution < 1.29 is 14.7 Å². The first-order chi connectivity index (χ1) is 9.56. The van der Waals surface area contributed by atoms with Gasteiger partial charge in [-0.3, -0.25) is 9.59 Å². The molecule has 0 fully saturated rings. The summed E-state index contributed by atoms with van der Waals surface area (Å²) in [7, 11) is 0. The summed E-state index contributed by atoms with van der Waals surface area (Å²) in [4.78, 5) is 25.6. The summed E-state index contributed by atoms with van der Waals surface area (Å²) in [5.41, 5.74) is 1.39. The molecule has 4 heteroatoms. The summed E-state index contributed by atoms with van der Waals surface area (Å²) in [5.74, 6) is -1.27. The number of ketones is 1. The van der Waals surface area contributed by atoms with Crippen LogP contribution in [0.5, 0.6) is 0 Å². The lowest BCUT2D eigenvalue weighted by Gasteiger charge is -2.13. The van der Waals surface area contributed by atoms with Gasteiger partial charge in [0.2, 0.25) is 0 Å². The van der Waals surface area contributed by atoms with Gasteiger partial charge in [-0.05, 0) is 42.4 Å². The molecule has 0 amide bonds. The van der Waals surface area contributed by atoms with Crippen molar-refractivity contribution in [3.05, 3.63) is 40.3 Å². The van der Waals surface area contributed by atoms with Crippen LogP contribution in [0.1, 0.15) is 54.9 Å². The van der Waals surface area contributed by atoms with Crippen molar-refractivity contribution >= 4 is 23.5 Å². The van der Waals surface area contributed by atoms with Crippen molar-refractivity contribution in [3.63, 3.8) is 0 Å². The van der Waals surface area contributed by atoms with Crippen LogP contribution < -0.4 is 0 Å². The van der Waals surface area contributed by atoms with Gasteiger partial charge < -0.3 is 5.11 Å². The Kier molecular flexibility index (Phi) is 4.65. The number of carbonyl (C=O) groups excluding carboxylic acids is 1. The van der Waals surface area contributed by atoms with Crippen molar-refractivity contribution in [1.29, 1.82) is 0 Å². The SMILES string of the molecule is C/C=C1\CCC(=O)c2cc(C(CC)C(=O)O)ccc2S1. The van der Waals surface area contributed by atoms with Crippen LogP contribution in [-0.4, -0.2) is 16.9 Å². The number of aliphatic carboxylic acids is 1. The predicted octanol–water partition coefficient (Wildman–Crippen LogP) is 4.24. The summed E-state index contributed by atoms with van der Waals surface area (Å²) in [6.07, 6.45) is 3.82. The fourth-order valence-electron chi connectivity index (χ4n) is 2.39. The van der Waals surface area contributed by atoms with E-state index in [0.29, 0.717) is 18.4 Å². The molecule has 1 aromatic carbocycles. The highest BCUT2D eigenvalue weighted by Gasteiger charge is 2.23. The molecule has 0 aliphatic carbocycles. The number of allylic oxidation sites excluding steroid dienone is 2. The Labute approximate surface area is 123 Å². The molecule has 20 heavy (non-hydrogen) atoms. The van der Waals surface area contributed by atoms with Crippen LogP contribution in [0.25, 0.3) is 0 Å². The molecule has 0 radical (unpaired) electrons. The van der Waals surface area contributed by atoms with Crippen LogP contribution >= 0.6 is 11.8 Å². The van der Waals surface area contributed by atoms with E-state index in [0.717, 1.165) is 16.9 Å². The van der Waals surface area contributed by atoms with Gasteiger partial charge in [0.15, 0.2) is 5.78 Å². The monoisotopic (exact) mass is 290 g/mol.